The van der Waals surface area contributed by atoms with E-state index in [1.165, 1.54) is 28.1 Å². The third-order valence-electron chi connectivity index (χ3n) is 6.23. The molecular weight excluding hydrogens is 472 g/mol. The Bertz CT molecular complexity index is 1150. The molecule has 0 fully saturated rings. The van der Waals surface area contributed by atoms with Crippen molar-refractivity contribution in [2.75, 3.05) is 32.6 Å². The minimum atomic E-state index is -0.309. The first-order valence-electron chi connectivity index (χ1n) is 11.5. The first-order valence-corrected chi connectivity index (χ1v) is 12.7. The van der Waals surface area contributed by atoms with Crippen molar-refractivity contribution in [1.82, 2.24) is 14.8 Å². The molecule has 7 nitrogen and oxygen atoms in total. The van der Waals surface area contributed by atoms with Crippen LogP contribution < -0.4 is 20.1 Å². The molecule has 3 aromatic rings. The van der Waals surface area contributed by atoms with Crippen molar-refractivity contribution in [3.05, 3.63) is 57.7 Å². The molecule has 4 rings (SSSR count). The maximum absolute atomic E-state index is 13.1. The number of thiophene rings is 1. The third-order valence-corrected chi connectivity index (χ3v) is 7.77. The van der Waals surface area contributed by atoms with Crippen molar-refractivity contribution in [3.8, 4) is 16.5 Å². The second-order valence-corrected chi connectivity index (χ2v) is 9.67. The molecule has 0 radical (unpaired) electrons. The number of hydrogen-bond acceptors (Lipinski definition) is 5. The summed E-state index contributed by atoms with van der Waals surface area (Å²) in [4.78, 5) is 17.0. The van der Waals surface area contributed by atoms with E-state index < -0.39 is 0 Å². The summed E-state index contributed by atoms with van der Waals surface area (Å²) in [5.41, 5.74) is 3.07. The second-order valence-electron chi connectivity index (χ2n) is 8.18. The van der Waals surface area contributed by atoms with Crippen LogP contribution in [0.1, 0.15) is 42.3 Å². The van der Waals surface area contributed by atoms with Crippen molar-refractivity contribution in [2.45, 2.75) is 39.3 Å². The number of nitrogens with zero attached hydrogens (tertiary/aromatic N) is 2. The maximum Gasteiger partial charge on any atom is 0.319 e. The number of hydrogen-bond donors (Lipinski definition) is 2. The summed E-state index contributed by atoms with van der Waals surface area (Å²) in [5, 5.41) is 7.67. The van der Waals surface area contributed by atoms with Gasteiger partial charge in [0, 0.05) is 42.0 Å². The van der Waals surface area contributed by atoms with Gasteiger partial charge >= 0.3 is 6.03 Å². The molecule has 2 aromatic heterocycles. The van der Waals surface area contributed by atoms with Gasteiger partial charge in [-0.15, -0.1) is 11.3 Å². The summed E-state index contributed by atoms with van der Waals surface area (Å²) >= 11 is 8.10. The Hall–Kier alpha value is -2.68. The lowest BCUT2D eigenvalue weighted by molar-refractivity contribution is 0.247. The summed E-state index contributed by atoms with van der Waals surface area (Å²) in [6, 6.07) is 6.91. The summed E-state index contributed by atoms with van der Waals surface area (Å²) in [5.74, 6) is 0.961. The van der Waals surface area contributed by atoms with Crippen molar-refractivity contribution in [2.24, 2.45) is 0 Å². The van der Waals surface area contributed by atoms with Gasteiger partial charge in [-0.2, -0.15) is 0 Å². The van der Waals surface area contributed by atoms with Crippen LogP contribution in [0, 0.1) is 0 Å². The smallest absolute Gasteiger partial charge is 0.319 e. The molecule has 34 heavy (non-hydrogen) atoms. The fraction of sp³-hybridized carbons (Fsp3) is 0.400. The molecule has 182 valence electrons. The van der Waals surface area contributed by atoms with Crippen molar-refractivity contribution in [3.63, 3.8) is 0 Å². The Balaban J connectivity index is 1.63. The van der Waals surface area contributed by atoms with E-state index in [0.717, 1.165) is 32.5 Å². The molecule has 0 saturated carbocycles. The predicted molar refractivity (Wildman–Crippen MR) is 138 cm³/mol. The van der Waals surface area contributed by atoms with Crippen molar-refractivity contribution >= 4 is 34.7 Å². The largest absolute Gasteiger partial charge is 0.495 e. The molecule has 3 heterocycles. The number of anilines is 1. The molecule has 1 aromatic carbocycles. The highest BCUT2D eigenvalue weighted by molar-refractivity contribution is 7.15. The molecule has 0 saturated heterocycles. The van der Waals surface area contributed by atoms with Crippen molar-refractivity contribution in [1.29, 1.82) is 0 Å². The van der Waals surface area contributed by atoms with Crippen LogP contribution >= 0.6 is 22.9 Å². The molecule has 1 aliphatic rings. The van der Waals surface area contributed by atoms with E-state index in [4.69, 9.17) is 21.1 Å². The van der Waals surface area contributed by atoms with Crippen LogP contribution in [0.25, 0.3) is 5.00 Å². The summed E-state index contributed by atoms with van der Waals surface area (Å²) < 4.78 is 12.8. The average Bonchev–Trinajstić information content (AvgIpc) is 3.50. The molecule has 9 heteroatoms. The number of aromatic nitrogens is 1. The number of amides is 2. The van der Waals surface area contributed by atoms with Gasteiger partial charge < -0.3 is 24.7 Å². The van der Waals surface area contributed by atoms with Crippen molar-refractivity contribution < 1.29 is 14.3 Å². The van der Waals surface area contributed by atoms with E-state index in [2.05, 4.69) is 46.3 Å². The van der Waals surface area contributed by atoms with Gasteiger partial charge in [-0.25, -0.2) is 4.79 Å². The van der Waals surface area contributed by atoms with Crippen LogP contribution in [0.2, 0.25) is 5.02 Å². The van der Waals surface area contributed by atoms with Crippen LogP contribution in [0.5, 0.6) is 11.5 Å². The Labute approximate surface area is 209 Å². The number of nitrogens with one attached hydrogen (secondary N) is 2. The molecule has 1 atom stereocenters. The molecule has 1 aliphatic heterocycles. The van der Waals surface area contributed by atoms with E-state index in [1.54, 1.807) is 19.2 Å². The number of carbonyl (C=O) groups excluding carboxylic acids is 1. The van der Waals surface area contributed by atoms with Gasteiger partial charge in [0.2, 0.25) is 0 Å². The summed E-state index contributed by atoms with van der Waals surface area (Å²) in [6.07, 6.45) is 5.88. The third kappa shape index (κ3) is 4.89. The normalized spacial score (nSPS) is 14.4. The lowest BCUT2D eigenvalue weighted by Gasteiger charge is -2.27. The Kier molecular flexibility index (Phi) is 7.70. The maximum atomic E-state index is 13.1. The lowest BCUT2D eigenvalue weighted by Crippen LogP contribution is -2.34. The molecule has 2 amide bonds. The highest BCUT2D eigenvalue weighted by Gasteiger charge is 2.29. The van der Waals surface area contributed by atoms with Crippen LogP contribution in [-0.2, 0) is 13.0 Å². The molecule has 0 bridgehead atoms. The Morgan fingerprint density at radius 1 is 1.18 bits per heavy atom. The number of fused-ring (bicyclic) bond motifs is 1. The highest BCUT2D eigenvalue weighted by Crippen LogP contribution is 2.40. The Morgan fingerprint density at radius 3 is 2.56 bits per heavy atom. The minimum Gasteiger partial charge on any atom is -0.495 e. The highest BCUT2D eigenvalue weighted by atomic mass is 35.5. The molecule has 0 spiro atoms. The fourth-order valence-electron chi connectivity index (χ4n) is 4.41. The minimum absolute atomic E-state index is 0.134. The summed E-state index contributed by atoms with van der Waals surface area (Å²) in [6.45, 7) is 7.32. The molecule has 0 aliphatic carbocycles. The van der Waals surface area contributed by atoms with Gasteiger partial charge in [0.25, 0.3) is 0 Å². The number of urea groups is 1. The number of rotatable bonds is 8. The zero-order valence-corrected chi connectivity index (χ0v) is 21.6. The van der Waals surface area contributed by atoms with Gasteiger partial charge in [0.1, 0.15) is 16.5 Å². The fourth-order valence-corrected chi connectivity index (χ4v) is 6.07. The van der Waals surface area contributed by atoms with Gasteiger partial charge in [-0.3, -0.25) is 4.90 Å². The zero-order chi connectivity index (χ0) is 24.2. The number of likely N-dealkylation sites (N-methyl/N-ethyl adjacent to an activating group) is 1. The van der Waals surface area contributed by atoms with Crippen LogP contribution in [0.15, 0.2) is 36.7 Å². The average molecular weight is 503 g/mol. The van der Waals surface area contributed by atoms with Crippen LogP contribution in [0.3, 0.4) is 0 Å². The first-order chi connectivity index (χ1) is 16.5. The van der Waals surface area contributed by atoms with Gasteiger partial charge in [0.05, 0.1) is 31.0 Å². The second kappa shape index (κ2) is 10.7. The predicted octanol–water partition coefficient (Wildman–Crippen LogP) is 5.86. The van der Waals surface area contributed by atoms with E-state index in [1.807, 2.05) is 23.5 Å². The van der Waals surface area contributed by atoms with E-state index >= 15 is 0 Å². The number of benzene rings is 1. The van der Waals surface area contributed by atoms with E-state index in [0.29, 0.717) is 22.2 Å². The first kappa shape index (κ1) is 24.4. The molecular formula is C25H31ClN4O3S. The topological polar surface area (TPSA) is 67.8 Å². The molecule has 2 N–H and O–H groups in total. The summed E-state index contributed by atoms with van der Waals surface area (Å²) in [7, 11) is 3.08. The van der Waals surface area contributed by atoms with E-state index in [9.17, 15) is 4.79 Å². The number of carbonyl (C=O) groups is 1. The van der Waals surface area contributed by atoms with Gasteiger partial charge in [-0.1, -0.05) is 25.4 Å². The van der Waals surface area contributed by atoms with Crippen LogP contribution in [0.4, 0.5) is 10.5 Å². The quantitative estimate of drug-likeness (QED) is 0.405. The number of halogens is 1. The van der Waals surface area contributed by atoms with Gasteiger partial charge in [-0.05, 0) is 43.1 Å². The lowest BCUT2D eigenvalue weighted by atomic mass is 9.96. The zero-order valence-electron chi connectivity index (χ0n) is 20.0. The monoisotopic (exact) mass is 502 g/mol. The Morgan fingerprint density at radius 2 is 1.91 bits per heavy atom. The van der Waals surface area contributed by atoms with E-state index in [-0.39, 0.29) is 12.1 Å². The number of ether oxygens (including phenoxy) is 2. The van der Waals surface area contributed by atoms with Gasteiger partial charge in [0.15, 0.2) is 0 Å². The number of methoxy groups -OCH3 is 2. The SMILES string of the molecule is CC[C@H](NC(=O)Nc1cc(Cl)c(OC)cc1OC)c1c(-n2cccc2)sc2c1CCN(CC)C2. The van der Waals surface area contributed by atoms with Crippen LogP contribution in [-0.4, -0.2) is 42.8 Å². The molecule has 0 unspecified atom stereocenters. The standard InChI is InChI=1S/C25H31ClN4O3S/c1-5-18(27-25(31)28-19-13-17(26)20(32-3)14-21(19)33-4)23-16-9-12-29(6-2)15-22(16)34-24(23)30-10-7-8-11-30/h7-8,10-11,13-14,18H,5-6,9,12,15H2,1-4H3,(H2,27,28,31)/t18-/m0/s1.